The summed E-state index contributed by atoms with van der Waals surface area (Å²) in [7, 11) is 0. The monoisotopic (exact) mass is 868 g/mol. The zero-order valence-electron chi connectivity index (χ0n) is 41.0. The molecule has 0 fully saturated rings. The molecular formula is C56H101NO5. The molecule has 0 bridgehead atoms. The smallest absolute Gasteiger partial charge is 0.306 e. The van der Waals surface area contributed by atoms with Crippen LogP contribution in [0.3, 0.4) is 0 Å². The zero-order valence-corrected chi connectivity index (χ0v) is 41.0. The summed E-state index contributed by atoms with van der Waals surface area (Å²) < 4.78 is 5.91. The predicted molar refractivity (Wildman–Crippen MR) is 268 cm³/mol. The van der Waals surface area contributed by atoms with Crippen molar-refractivity contribution in [3.05, 3.63) is 60.8 Å². The summed E-state index contributed by atoms with van der Waals surface area (Å²) in [6, 6.07) is -0.718. The highest BCUT2D eigenvalue weighted by Gasteiger charge is 2.24. The van der Waals surface area contributed by atoms with Crippen molar-refractivity contribution < 1.29 is 24.5 Å². The van der Waals surface area contributed by atoms with Gasteiger partial charge in [0.2, 0.25) is 5.91 Å². The fourth-order valence-electron chi connectivity index (χ4n) is 7.85. The molecule has 62 heavy (non-hydrogen) atoms. The van der Waals surface area contributed by atoms with Gasteiger partial charge < -0.3 is 20.3 Å². The maximum absolute atomic E-state index is 13.2. The summed E-state index contributed by atoms with van der Waals surface area (Å²) in [5.41, 5.74) is 0. The number of ether oxygens (including phenoxy) is 1. The topological polar surface area (TPSA) is 95.9 Å². The number of amides is 1. The average molecular weight is 868 g/mol. The van der Waals surface area contributed by atoms with E-state index in [1.807, 2.05) is 0 Å². The van der Waals surface area contributed by atoms with Crippen molar-refractivity contribution in [2.75, 3.05) is 6.61 Å². The summed E-state index contributed by atoms with van der Waals surface area (Å²) >= 11 is 0. The Bertz CT molecular complexity index is 1110. The molecule has 6 nitrogen and oxygen atoms in total. The largest absolute Gasteiger partial charge is 0.462 e. The zero-order chi connectivity index (χ0) is 45.2. The van der Waals surface area contributed by atoms with Crippen LogP contribution >= 0.6 is 0 Å². The Morgan fingerprint density at radius 3 is 1.44 bits per heavy atom. The van der Waals surface area contributed by atoms with Gasteiger partial charge in [-0.1, -0.05) is 223 Å². The third kappa shape index (κ3) is 44.2. The number of aliphatic hydroxyl groups excluding tert-OH is 2. The van der Waals surface area contributed by atoms with Crippen molar-refractivity contribution in [1.29, 1.82) is 0 Å². The fraction of sp³-hybridized carbons (Fsp3) is 0.786. The molecule has 0 aromatic heterocycles. The molecule has 360 valence electrons. The second-order valence-corrected chi connectivity index (χ2v) is 17.9. The Kier molecular flexibility index (Phi) is 47.6. The van der Waals surface area contributed by atoms with E-state index in [2.05, 4.69) is 86.8 Å². The molecule has 0 heterocycles. The van der Waals surface area contributed by atoms with Crippen LogP contribution in [0.25, 0.3) is 0 Å². The van der Waals surface area contributed by atoms with Crippen molar-refractivity contribution in [1.82, 2.24) is 5.32 Å². The standard InChI is InChI=1S/C56H101NO5/c1-4-7-10-13-16-19-22-25-26-27-28-29-31-34-37-40-43-46-49-56(61)62-52(47-44-41-38-35-32-24-21-18-15-12-9-6-3)50-55(60)57-53(51-58)54(59)48-45-42-39-36-33-30-23-20-17-14-11-8-5-2/h9,12,18,21,26-29,32,35,52-54,58-59H,4-8,10-11,13-17,19-20,22-25,30-31,33-34,36-51H2,1-3H3,(H,57,60)/b12-9+,21-18+,27-26+,29-28+,35-32+. The van der Waals surface area contributed by atoms with Crippen LogP contribution in [0.5, 0.6) is 0 Å². The lowest BCUT2D eigenvalue weighted by atomic mass is 10.0. The average Bonchev–Trinajstić information content (AvgIpc) is 3.26. The highest BCUT2D eigenvalue weighted by Crippen LogP contribution is 2.17. The molecule has 6 heteroatoms. The van der Waals surface area contributed by atoms with Crippen LogP contribution in [0.2, 0.25) is 0 Å². The Balaban J connectivity index is 4.60. The SMILES string of the molecule is CC/C=C/C/C=C/C/C=C/CCCCC(CC(=O)NC(CO)C(O)CCCCCCCCCCCCCCC)OC(=O)CCCCCCC/C=C/C=C/CCCCCCCCC. The molecule has 1 amide bonds. The lowest BCUT2D eigenvalue weighted by Crippen LogP contribution is -2.46. The molecule has 0 aliphatic carbocycles. The van der Waals surface area contributed by atoms with Gasteiger partial charge in [0, 0.05) is 6.42 Å². The van der Waals surface area contributed by atoms with Crippen molar-refractivity contribution in [3.8, 4) is 0 Å². The van der Waals surface area contributed by atoms with E-state index in [-0.39, 0.29) is 24.9 Å². The van der Waals surface area contributed by atoms with Crippen molar-refractivity contribution in [3.63, 3.8) is 0 Å². The van der Waals surface area contributed by atoms with Crippen molar-refractivity contribution in [2.24, 2.45) is 0 Å². The molecule has 0 saturated heterocycles. The van der Waals surface area contributed by atoms with Gasteiger partial charge in [0.1, 0.15) is 6.10 Å². The van der Waals surface area contributed by atoms with E-state index < -0.39 is 18.2 Å². The highest BCUT2D eigenvalue weighted by molar-refractivity contribution is 5.77. The minimum atomic E-state index is -0.801. The summed E-state index contributed by atoms with van der Waals surface area (Å²) in [4.78, 5) is 26.1. The van der Waals surface area contributed by atoms with E-state index in [0.717, 1.165) is 96.3 Å². The first-order valence-corrected chi connectivity index (χ1v) is 26.5. The third-order valence-corrected chi connectivity index (χ3v) is 11.9. The van der Waals surface area contributed by atoms with E-state index in [1.165, 1.54) is 116 Å². The van der Waals surface area contributed by atoms with E-state index in [9.17, 15) is 19.8 Å². The Morgan fingerprint density at radius 2 is 0.919 bits per heavy atom. The Labute approximate surface area is 384 Å². The van der Waals surface area contributed by atoms with Gasteiger partial charge in [-0.25, -0.2) is 0 Å². The number of esters is 1. The number of hydrogen-bond acceptors (Lipinski definition) is 5. The normalized spacial score (nSPS) is 13.7. The molecule has 0 radical (unpaired) electrons. The molecule has 0 saturated carbocycles. The highest BCUT2D eigenvalue weighted by atomic mass is 16.5. The van der Waals surface area contributed by atoms with Crippen LogP contribution in [0.4, 0.5) is 0 Å². The number of rotatable bonds is 47. The van der Waals surface area contributed by atoms with Crippen LogP contribution in [0.15, 0.2) is 60.8 Å². The lowest BCUT2D eigenvalue weighted by molar-refractivity contribution is -0.151. The molecule has 0 aromatic rings. The van der Waals surface area contributed by atoms with Crippen LogP contribution < -0.4 is 5.32 Å². The number of allylic oxidation sites excluding steroid dienone is 10. The first-order chi connectivity index (χ1) is 30.5. The molecule has 0 aliphatic rings. The molecule has 3 atom stereocenters. The van der Waals surface area contributed by atoms with Crippen LogP contribution in [0.1, 0.15) is 258 Å². The molecule has 0 aliphatic heterocycles. The van der Waals surface area contributed by atoms with Gasteiger partial charge in [0.25, 0.3) is 0 Å². The van der Waals surface area contributed by atoms with Gasteiger partial charge in [0.15, 0.2) is 0 Å². The maximum atomic E-state index is 13.2. The predicted octanol–water partition coefficient (Wildman–Crippen LogP) is 16.0. The number of carbonyl (C=O) groups excluding carboxylic acids is 2. The number of carbonyl (C=O) groups is 2. The first-order valence-electron chi connectivity index (χ1n) is 26.5. The van der Waals surface area contributed by atoms with Crippen molar-refractivity contribution >= 4 is 11.9 Å². The summed E-state index contributed by atoms with van der Waals surface area (Å²) in [5.74, 6) is -0.528. The number of nitrogens with one attached hydrogen (secondary N) is 1. The third-order valence-electron chi connectivity index (χ3n) is 11.9. The van der Waals surface area contributed by atoms with E-state index >= 15 is 0 Å². The summed E-state index contributed by atoms with van der Waals surface area (Å²) in [6.45, 7) is 6.35. The maximum Gasteiger partial charge on any atom is 0.306 e. The second-order valence-electron chi connectivity index (χ2n) is 17.9. The van der Waals surface area contributed by atoms with Crippen LogP contribution in [-0.4, -0.2) is 46.9 Å². The molecule has 0 rings (SSSR count). The molecular weight excluding hydrogens is 767 g/mol. The van der Waals surface area contributed by atoms with Crippen LogP contribution in [0, 0.1) is 0 Å². The van der Waals surface area contributed by atoms with Gasteiger partial charge in [0.05, 0.1) is 25.2 Å². The molecule has 0 spiro atoms. The van der Waals surface area contributed by atoms with Gasteiger partial charge in [-0.05, 0) is 83.5 Å². The molecule has 3 N–H and O–H groups in total. The van der Waals surface area contributed by atoms with Gasteiger partial charge in [-0.3, -0.25) is 9.59 Å². The first kappa shape index (κ1) is 59.6. The number of unbranched alkanes of at least 4 members (excludes halogenated alkanes) is 26. The van der Waals surface area contributed by atoms with Crippen molar-refractivity contribution in [2.45, 2.75) is 277 Å². The lowest BCUT2D eigenvalue weighted by Gasteiger charge is -2.24. The fourth-order valence-corrected chi connectivity index (χ4v) is 7.85. The number of aliphatic hydroxyl groups is 2. The minimum absolute atomic E-state index is 0.0443. The Morgan fingerprint density at radius 1 is 0.500 bits per heavy atom. The Hall–Kier alpha value is -2.44. The minimum Gasteiger partial charge on any atom is -0.462 e. The number of hydrogen-bond donors (Lipinski definition) is 3. The van der Waals surface area contributed by atoms with Crippen LogP contribution in [-0.2, 0) is 14.3 Å². The second kappa shape index (κ2) is 49.6. The molecule has 3 unspecified atom stereocenters. The molecule has 0 aromatic carbocycles. The van der Waals surface area contributed by atoms with Gasteiger partial charge in [-0.2, -0.15) is 0 Å². The van der Waals surface area contributed by atoms with E-state index in [1.54, 1.807) is 0 Å². The summed E-state index contributed by atoms with van der Waals surface area (Å²) in [6.07, 6.45) is 61.4. The quantitative estimate of drug-likeness (QED) is 0.0245. The summed E-state index contributed by atoms with van der Waals surface area (Å²) in [5, 5.41) is 23.8. The van der Waals surface area contributed by atoms with Gasteiger partial charge >= 0.3 is 5.97 Å². The van der Waals surface area contributed by atoms with E-state index in [0.29, 0.717) is 19.3 Å². The van der Waals surface area contributed by atoms with Gasteiger partial charge in [-0.15, -0.1) is 0 Å². The van der Waals surface area contributed by atoms with E-state index in [4.69, 9.17) is 4.74 Å².